The first kappa shape index (κ1) is 22.4. The fourth-order valence-electron chi connectivity index (χ4n) is 3.53. The van der Waals surface area contributed by atoms with Crippen LogP contribution in [0.3, 0.4) is 0 Å². The molecule has 1 aromatic heterocycles. The molecule has 8 heteroatoms. The maximum atomic E-state index is 11.9. The summed E-state index contributed by atoms with van der Waals surface area (Å²) in [5.74, 6) is 2.05. The molecule has 1 saturated heterocycles. The lowest BCUT2D eigenvalue weighted by molar-refractivity contribution is -0.145. The third-order valence-corrected chi connectivity index (χ3v) is 5.22. The number of guanidine groups is 1. The molecule has 1 aromatic carbocycles. The second-order valence-corrected chi connectivity index (χ2v) is 7.43. The Morgan fingerprint density at radius 3 is 2.61 bits per heavy atom. The van der Waals surface area contributed by atoms with Gasteiger partial charge in [0.25, 0.3) is 0 Å². The summed E-state index contributed by atoms with van der Waals surface area (Å²) >= 11 is 0. The quantitative estimate of drug-likeness (QED) is 0.300. The van der Waals surface area contributed by atoms with Crippen molar-refractivity contribution in [1.82, 2.24) is 15.2 Å². The van der Waals surface area contributed by atoms with Crippen molar-refractivity contribution in [3.8, 4) is 11.6 Å². The fraction of sp³-hybridized carbons (Fsp3) is 0.435. The number of hydrogen-bond acceptors (Lipinski definition) is 6. The molecule has 0 amide bonds. The van der Waals surface area contributed by atoms with E-state index in [1.54, 1.807) is 13.2 Å². The number of aliphatic imine (C=N–C) groups is 1. The Labute approximate surface area is 183 Å². The van der Waals surface area contributed by atoms with E-state index < -0.39 is 0 Å². The van der Waals surface area contributed by atoms with E-state index in [4.69, 9.17) is 14.2 Å². The lowest BCUT2D eigenvalue weighted by atomic mass is 9.99. The number of carbonyl (C=O) groups is 1. The molecule has 2 aromatic rings. The molecule has 3 rings (SSSR count). The van der Waals surface area contributed by atoms with Gasteiger partial charge >= 0.3 is 5.97 Å². The van der Waals surface area contributed by atoms with Crippen LogP contribution in [0.1, 0.15) is 12.5 Å². The van der Waals surface area contributed by atoms with Crippen molar-refractivity contribution in [3.05, 3.63) is 54.2 Å². The average Bonchev–Trinajstić information content (AvgIpc) is 3.19. The molecular weight excluding hydrogens is 396 g/mol. The Balaban J connectivity index is 1.42. The van der Waals surface area contributed by atoms with Gasteiger partial charge in [-0.2, -0.15) is 0 Å². The monoisotopic (exact) mass is 426 g/mol. The Hall–Kier alpha value is -3.29. The van der Waals surface area contributed by atoms with Crippen molar-refractivity contribution in [3.63, 3.8) is 0 Å². The Morgan fingerprint density at radius 2 is 1.94 bits per heavy atom. The highest BCUT2D eigenvalue weighted by atomic mass is 16.5. The number of para-hydroxylation sites is 1. The van der Waals surface area contributed by atoms with E-state index in [0.717, 1.165) is 23.8 Å². The zero-order valence-electron chi connectivity index (χ0n) is 18.3. The number of methoxy groups -OCH3 is 1. The van der Waals surface area contributed by atoms with Crippen LogP contribution in [0, 0.1) is 11.8 Å². The van der Waals surface area contributed by atoms with Gasteiger partial charge in [-0.25, -0.2) is 4.98 Å². The zero-order valence-corrected chi connectivity index (χ0v) is 18.3. The first-order valence-electron chi connectivity index (χ1n) is 10.4. The predicted octanol–water partition coefficient (Wildman–Crippen LogP) is 2.36. The minimum Gasteiger partial charge on any atom is -0.490 e. The Kier molecular flexibility index (Phi) is 8.09. The first-order valence-corrected chi connectivity index (χ1v) is 10.4. The number of likely N-dealkylation sites (tertiary alicyclic amines) is 1. The van der Waals surface area contributed by atoms with E-state index in [1.807, 2.05) is 42.5 Å². The topological polar surface area (TPSA) is 85.3 Å². The molecule has 0 spiro atoms. The molecule has 2 unspecified atom stereocenters. The third-order valence-electron chi connectivity index (χ3n) is 5.22. The lowest BCUT2D eigenvalue weighted by Crippen LogP contribution is -2.40. The molecule has 0 radical (unpaired) electrons. The van der Waals surface area contributed by atoms with Gasteiger partial charge in [-0.3, -0.25) is 9.79 Å². The van der Waals surface area contributed by atoms with Crippen LogP contribution in [0.25, 0.3) is 0 Å². The second kappa shape index (κ2) is 11.2. The van der Waals surface area contributed by atoms with Crippen molar-refractivity contribution < 1.29 is 19.0 Å². The van der Waals surface area contributed by atoms with Gasteiger partial charge in [-0.05, 0) is 23.6 Å². The average molecular weight is 427 g/mol. The van der Waals surface area contributed by atoms with E-state index in [1.165, 1.54) is 7.11 Å². The van der Waals surface area contributed by atoms with Crippen LogP contribution in [-0.2, 0) is 16.1 Å². The smallest absolute Gasteiger partial charge is 0.310 e. The minimum atomic E-state index is -0.167. The highest BCUT2D eigenvalue weighted by Gasteiger charge is 2.36. The number of benzene rings is 1. The summed E-state index contributed by atoms with van der Waals surface area (Å²) in [7, 11) is 3.17. The molecule has 8 nitrogen and oxygen atoms in total. The van der Waals surface area contributed by atoms with Crippen molar-refractivity contribution in [2.24, 2.45) is 16.8 Å². The van der Waals surface area contributed by atoms with Gasteiger partial charge in [0.05, 0.1) is 13.0 Å². The number of aromatic nitrogens is 1. The molecule has 1 aliphatic heterocycles. The summed E-state index contributed by atoms with van der Waals surface area (Å²) in [6.45, 7) is 4.86. The summed E-state index contributed by atoms with van der Waals surface area (Å²) in [6, 6.07) is 13.4. The highest BCUT2D eigenvalue weighted by Crippen LogP contribution is 2.24. The van der Waals surface area contributed by atoms with Gasteiger partial charge in [-0.1, -0.05) is 31.2 Å². The van der Waals surface area contributed by atoms with Crippen molar-refractivity contribution in [1.29, 1.82) is 0 Å². The van der Waals surface area contributed by atoms with Crippen LogP contribution >= 0.6 is 0 Å². The van der Waals surface area contributed by atoms with E-state index >= 15 is 0 Å². The number of rotatable bonds is 8. The first-order chi connectivity index (χ1) is 15.1. The summed E-state index contributed by atoms with van der Waals surface area (Å²) in [5, 5.41) is 3.34. The Morgan fingerprint density at radius 1 is 1.16 bits per heavy atom. The normalized spacial score (nSPS) is 18.5. The standard InChI is InChI=1S/C23H30N4O4/c1-17-15-27(16-20(17)22(28)29-3)23(24-2)26-14-18-9-10-21(25-13-18)31-12-11-30-19-7-5-4-6-8-19/h4-10,13,17,20H,11-12,14-16H2,1-3H3,(H,24,26). The zero-order chi connectivity index (χ0) is 22.1. The van der Waals surface area contributed by atoms with E-state index in [9.17, 15) is 4.79 Å². The molecule has 0 bridgehead atoms. The van der Waals surface area contributed by atoms with Gasteiger partial charge < -0.3 is 24.4 Å². The molecule has 31 heavy (non-hydrogen) atoms. The van der Waals surface area contributed by atoms with E-state index in [-0.39, 0.29) is 17.8 Å². The number of hydrogen-bond donors (Lipinski definition) is 1. The number of pyridine rings is 1. The predicted molar refractivity (Wildman–Crippen MR) is 118 cm³/mol. The second-order valence-electron chi connectivity index (χ2n) is 7.43. The van der Waals surface area contributed by atoms with Gasteiger partial charge in [0.1, 0.15) is 19.0 Å². The molecule has 1 N–H and O–H groups in total. The van der Waals surface area contributed by atoms with Gasteiger partial charge in [0, 0.05) is 38.9 Å². The largest absolute Gasteiger partial charge is 0.490 e. The Bertz CT molecular complexity index is 858. The molecule has 0 saturated carbocycles. The third kappa shape index (κ3) is 6.34. The number of esters is 1. The summed E-state index contributed by atoms with van der Waals surface area (Å²) in [4.78, 5) is 22.7. The maximum absolute atomic E-state index is 11.9. The van der Waals surface area contributed by atoms with Crippen LogP contribution in [0.5, 0.6) is 11.6 Å². The fourth-order valence-corrected chi connectivity index (χ4v) is 3.53. The van der Waals surface area contributed by atoms with Crippen LogP contribution < -0.4 is 14.8 Å². The SMILES string of the molecule is CN=C(NCc1ccc(OCCOc2ccccc2)nc1)N1CC(C)C(C(=O)OC)C1. The number of nitrogens with one attached hydrogen (secondary N) is 1. The van der Waals surface area contributed by atoms with Gasteiger partial charge in [0.2, 0.25) is 5.88 Å². The molecule has 2 atom stereocenters. The maximum Gasteiger partial charge on any atom is 0.310 e. The summed E-state index contributed by atoms with van der Waals surface area (Å²) in [5.41, 5.74) is 1.01. The van der Waals surface area contributed by atoms with E-state index in [2.05, 4.69) is 27.1 Å². The van der Waals surface area contributed by atoms with Crippen LogP contribution in [0.15, 0.2) is 53.7 Å². The summed E-state index contributed by atoms with van der Waals surface area (Å²) in [6.07, 6.45) is 1.78. The van der Waals surface area contributed by atoms with Crippen LogP contribution in [0.2, 0.25) is 0 Å². The molecule has 166 valence electrons. The molecule has 2 heterocycles. The van der Waals surface area contributed by atoms with Gasteiger partial charge in [0.15, 0.2) is 5.96 Å². The summed E-state index contributed by atoms with van der Waals surface area (Å²) < 4.78 is 16.2. The van der Waals surface area contributed by atoms with Crippen LogP contribution in [0.4, 0.5) is 0 Å². The van der Waals surface area contributed by atoms with Crippen molar-refractivity contribution in [2.75, 3.05) is 40.5 Å². The van der Waals surface area contributed by atoms with Gasteiger partial charge in [-0.15, -0.1) is 0 Å². The van der Waals surface area contributed by atoms with Crippen molar-refractivity contribution in [2.45, 2.75) is 13.5 Å². The highest BCUT2D eigenvalue weighted by molar-refractivity contribution is 5.82. The molecular formula is C23H30N4O4. The van der Waals surface area contributed by atoms with E-state index in [0.29, 0.717) is 32.2 Å². The van der Waals surface area contributed by atoms with Crippen LogP contribution in [-0.4, -0.2) is 62.3 Å². The number of nitrogens with zero attached hydrogens (tertiary/aromatic N) is 3. The number of ether oxygens (including phenoxy) is 3. The molecule has 0 aliphatic carbocycles. The minimum absolute atomic E-state index is 0.132. The molecule has 1 fully saturated rings. The number of carbonyl (C=O) groups excluding carboxylic acids is 1. The lowest BCUT2D eigenvalue weighted by Gasteiger charge is -2.21. The molecule has 1 aliphatic rings. The van der Waals surface area contributed by atoms with Crippen molar-refractivity contribution >= 4 is 11.9 Å².